The summed E-state index contributed by atoms with van der Waals surface area (Å²) in [6.07, 6.45) is -0.477. The Bertz CT molecular complexity index is 1380. The molecule has 7 heteroatoms. The van der Waals surface area contributed by atoms with Gasteiger partial charge >= 0.3 is 0 Å². The molecular formula is C31H28O7. The molecule has 0 aromatic heterocycles. The number of phenolic OH excluding ortho intramolecular Hbond substituents is 1. The predicted octanol–water partition coefficient (Wildman–Crippen LogP) is 6.02. The zero-order chi connectivity index (χ0) is 26.9. The molecule has 0 aliphatic rings. The molecule has 4 aromatic carbocycles. The van der Waals surface area contributed by atoms with Crippen LogP contribution in [-0.2, 0) is 13.2 Å². The van der Waals surface area contributed by atoms with Gasteiger partial charge in [0.05, 0.1) is 20.6 Å². The Morgan fingerprint density at radius 1 is 0.684 bits per heavy atom. The van der Waals surface area contributed by atoms with Crippen LogP contribution in [0.5, 0.6) is 28.7 Å². The molecule has 0 radical (unpaired) electrons. The molecule has 0 heterocycles. The Morgan fingerprint density at radius 3 is 1.82 bits per heavy atom. The minimum atomic E-state index is -0.610. The van der Waals surface area contributed by atoms with Gasteiger partial charge in [0.2, 0.25) is 5.75 Å². The summed E-state index contributed by atoms with van der Waals surface area (Å²) < 4.78 is 22.2. The van der Waals surface area contributed by atoms with Gasteiger partial charge in [0.1, 0.15) is 30.3 Å². The first-order valence-electron chi connectivity index (χ1n) is 12.0. The van der Waals surface area contributed by atoms with Crippen molar-refractivity contribution in [1.29, 1.82) is 0 Å². The van der Waals surface area contributed by atoms with E-state index in [9.17, 15) is 14.7 Å². The third-order valence-corrected chi connectivity index (χ3v) is 5.87. The molecule has 0 atom stereocenters. The van der Waals surface area contributed by atoms with Gasteiger partial charge in [0.15, 0.2) is 23.1 Å². The first kappa shape index (κ1) is 26.3. The van der Waals surface area contributed by atoms with Gasteiger partial charge < -0.3 is 24.1 Å². The molecule has 4 aromatic rings. The molecule has 0 aliphatic heterocycles. The van der Waals surface area contributed by atoms with Crippen LogP contribution in [0.4, 0.5) is 0 Å². The van der Waals surface area contributed by atoms with E-state index in [0.717, 1.165) is 11.1 Å². The standard InChI is InChI=1S/C31H28O7/c1-35-28-18-27(38-20-22-11-7-4-8-12-22)29(30(34)31(28)36-2)26(33)17-25(32)23-13-15-24(16-14-23)37-19-21-9-5-3-6-10-21/h3-16,18,34H,17,19-20H2,1-2H3. The maximum absolute atomic E-state index is 13.3. The molecule has 0 bridgehead atoms. The van der Waals surface area contributed by atoms with Crippen LogP contribution in [-0.4, -0.2) is 30.9 Å². The van der Waals surface area contributed by atoms with Crippen molar-refractivity contribution in [1.82, 2.24) is 0 Å². The summed E-state index contributed by atoms with van der Waals surface area (Å²) in [5, 5.41) is 10.9. The van der Waals surface area contributed by atoms with Crippen LogP contribution >= 0.6 is 0 Å². The summed E-state index contributed by atoms with van der Waals surface area (Å²) in [5.74, 6) is -0.597. The first-order valence-corrected chi connectivity index (χ1v) is 12.0. The first-order chi connectivity index (χ1) is 18.5. The lowest BCUT2D eigenvalue weighted by atomic mass is 9.99. The largest absolute Gasteiger partial charge is 0.504 e. The maximum atomic E-state index is 13.3. The molecule has 7 nitrogen and oxygen atoms in total. The number of hydrogen-bond acceptors (Lipinski definition) is 7. The molecule has 194 valence electrons. The van der Waals surface area contributed by atoms with Crippen LogP contribution in [0, 0.1) is 0 Å². The topological polar surface area (TPSA) is 91.3 Å². The maximum Gasteiger partial charge on any atom is 0.204 e. The Balaban J connectivity index is 1.50. The normalized spacial score (nSPS) is 10.5. The van der Waals surface area contributed by atoms with Crippen molar-refractivity contribution < 1.29 is 33.6 Å². The minimum Gasteiger partial charge on any atom is -0.504 e. The molecule has 38 heavy (non-hydrogen) atoms. The lowest BCUT2D eigenvalue weighted by Crippen LogP contribution is -2.12. The number of methoxy groups -OCH3 is 2. The molecule has 0 saturated carbocycles. The average molecular weight is 513 g/mol. The van der Waals surface area contributed by atoms with E-state index in [1.54, 1.807) is 24.3 Å². The molecule has 0 fully saturated rings. The van der Waals surface area contributed by atoms with E-state index in [4.69, 9.17) is 18.9 Å². The number of Topliss-reactive ketones (excluding diaryl/α,β-unsaturated/α-hetero) is 2. The second-order valence-corrected chi connectivity index (χ2v) is 8.43. The quantitative estimate of drug-likeness (QED) is 0.183. The summed E-state index contributed by atoms with van der Waals surface area (Å²) >= 11 is 0. The summed E-state index contributed by atoms with van der Waals surface area (Å²) in [5.41, 5.74) is 2.09. The highest BCUT2D eigenvalue weighted by molar-refractivity contribution is 6.15. The van der Waals surface area contributed by atoms with Crippen LogP contribution in [0.15, 0.2) is 91.0 Å². The molecule has 4 rings (SSSR count). The fourth-order valence-electron chi connectivity index (χ4n) is 3.89. The monoisotopic (exact) mass is 512 g/mol. The number of ether oxygens (including phenoxy) is 4. The van der Waals surface area contributed by atoms with Gasteiger partial charge in [-0.3, -0.25) is 9.59 Å². The molecular weight excluding hydrogens is 484 g/mol. The van der Waals surface area contributed by atoms with Crippen LogP contribution in [0.25, 0.3) is 0 Å². The van der Waals surface area contributed by atoms with E-state index in [0.29, 0.717) is 17.9 Å². The van der Waals surface area contributed by atoms with Crippen LogP contribution in [0.1, 0.15) is 38.3 Å². The average Bonchev–Trinajstić information content (AvgIpc) is 2.95. The van der Waals surface area contributed by atoms with E-state index < -0.39 is 23.7 Å². The van der Waals surface area contributed by atoms with Crippen LogP contribution in [0.2, 0.25) is 0 Å². The van der Waals surface area contributed by atoms with Gasteiger partial charge in [0.25, 0.3) is 0 Å². The highest BCUT2D eigenvalue weighted by atomic mass is 16.5. The van der Waals surface area contributed by atoms with Crippen LogP contribution in [0.3, 0.4) is 0 Å². The molecule has 0 aliphatic carbocycles. The van der Waals surface area contributed by atoms with E-state index in [1.165, 1.54) is 20.3 Å². The Morgan fingerprint density at radius 2 is 1.26 bits per heavy atom. The van der Waals surface area contributed by atoms with Crippen molar-refractivity contribution in [3.05, 3.63) is 113 Å². The van der Waals surface area contributed by atoms with Crippen molar-refractivity contribution in [3.8, 4) is 28.7 Å². The highest BCUT2D eigenvalue weighted by Gasteiger charge is 2.27. The smallest absolute Gasteiger partial charge is 0.204 e. The Labute approximate surface area is 221 Å². The number of hydrogen-bond donors (Lipinski definition) is 1. The number of aromatic hydroxyl groups is 1. The molecule has 0 spiro atoms. The van der Waals surface area contributed by atoms with Gasteiger partial charge in [0, 0.05) is 11.6 Å². The Hall–Kier alpha value is -4.78. The van der Waals surface area contributed by atoms with Gasteiger partial charge in [-0.1, -0.05) is 60.7 Å². The van der Waals surface area contributed by atoms with E-state index in [-0.39, 0.29) is 29.4 Å². The second-order valence-electron chi connectivity index (χ2n) is 8.43. The number of ketones is 2. The molecule has 0 amide bonds. The number of carbonyl (C=O) groups excluding carboxylic acids is 2. The van der Waals surface area contributed by atoms with Gasteiger partial charge in [-0.15, -0.1) is 0 Å². The van der Waals surface area contributed by atoms with Crippen molar-refractivity contribution >= 4 is 11.6 Å². The highest BCUT2D eigenvalue weighted by Crippen LogP contribution is 2.45. The molecule has 0 unspecified atom stereocenters. The van der Waals surface area contributed by atoms with E-state index >= 15 is 0 Å². The lowest BCUT2D eigenvalue weighted by Gasteiger charge is -2.17. The SMILES string of the molecule is COc1cc(OCc2ccccc2)c(C(=O)CC(=O)c2ccc(OCc3ccccc3)cc2)c(O)c1OC. The Kier molecular flexibility index (Phi) is 8.61. The number of benzene rings is 4. The number of rotatable bonds is 12. The fraction of sp³-hybridized carbons (Fsp3) is 0.161. The molecule has 0 saturated heterocycles. The zero-order valence-corrected chi connectivity index (χ0v) is 21.2. The van der Waals surface area contributed by atoms with Gasteiger partial charge in [-0.2, -0.15) is 0 Å². The van der Waals surface area contributed by atoms with E-state index in [2.05, 4.69) is 0 Å². The summed E-state index contributed by atoms with van der Waals surface area (Å²) in [4.78, 5) is 26.3. The number of carbonyl (C=O) groups is 2. The third kappa shape index (κ3) is 6.31. The summed E-state index contributed by atoms with van der Waals surface area (Å²) in [7, 11) is 2.76. The molecule has 1 N–H and O–H groups in total. The third-order valence-electron chi connectivity index (χ3n) is 5.87. The fourth-order valence-corrected chi connectivity index (χ4v) is 3.89. The van der Waals surface area contributed by atoms with E-state index in [1.807, 2.05) is 60.7 Å². The van der Waals surface area contributed by atoms with Gasteiger partial charge in [-0.25, -0.2) is 0 Å². The van der Waals surface area contributed by atoms with Gasteiger partial charge in [-0.05, 0) is 35.4 Å². The zero-order valence-electron chi connectivity index (χ0n) is 21.2. The second kappa shape index (κ2) is 12.5. The van der Waals surface area contributed by atoms with Crippen molar-refractivity contribution in [2.75, 3.05) is 14.2 Å². The predicted molar refractivity (Wildman–Crippen MR) is 142 cm³/mol. The lowest BCUT2D eigenvalue weighted by molar-refractivity contribution is 0.0890. The van der Waals surface area contributed by atoms with Crippen molar-refractivity contribution in [3.63, 3.8) is 0 Å². The van der Waals surface area contributed by atoms with Crippen molar-refractivity contribution in [2.24, 2.45) is 0 Å². The number of phenols is 1. The minimum absolute atomic E-state index is 0.0183. The summed E-state index contributed by atoms with van der Waals surface area (Å²) in [6.45, 7) is 0.547. The van der Waals surface area contributed by atoms with Crippen molar-refractivity contribution in [2.45, 2.75) is 19.6 Å². The summed E-state index contributed by atoms with van der Waals surface area (Å²) in [6, 6.07) is 27.2. The van der Waals surface area contributed by atoms with Crippen LogP contribution < -0.4 is 18.9 Å².